The van der Waals surface area contributed by atoms with Crippen LogP contribution in [0.1, 0.15) is 33.1 Å². The van der Waals surface area contributed by atoms with Gasteiger partial charge >= 0.3 is 0 Å². The Morgan fingerprint density at radius 1 is 1.42 bits per heavy atom. The lowest BCUT2D eigenvalue weighted by atomic mass is 9.92. The highest BCUT2D eigenvalue weighted by atomic mass is 19.1. The summed E-state index contributed by atoms with van der Waals surface area (Å²) in [4.78, 5) is 2.29. The van der Waals surface area contributed by atoms with Crippen LogP contribution in [0.4, 0.5) is 4.39 Å². The third kappa shape index (κ3) is 2.44. The van der Waals surface area contributed by atoms with E-state index in [0.29, 0.717) is 12.6 Å². The van der Waals surface area contributed by atoms with E-state index < -0.39 is 0 Å². The Labute approximate surface area is 74.9 Å². The highest BCUT2D eigenvalue weighted by Gasteiger charge is 2.23. The predicted molar refractivity (Wildman–Crippen MR) is 50.0 cm³/mol. The van der Waals surface area contributed by atoms with Crippen LogP contribution < -0.4 is 0 Å². The molecule has 1 rings (SSSR count). The van der Waals surface area contributed by atoms with Crippen LogP contribution in [0.25, 0.3) is 0 Å². The minimum Gasteiger partial charge on any atom is -0.298 e. The van der Waals surface area contributed by atoms with E-state index >= 15 is 0 Å². The van der Waals surface area contributed by atoms with E-state index in [1.165, 1.54) is 19.3 Å². The van der Waals surface area contributed by atoms with Gasteiger partial charge in [-0.1, -0.05) is 13.3 Å². The van der Waals surface area contributed by atoms with Crippen molar-refractivity contribution >= 4 is 0 Å². The van der Waals surface area contributed by atoms with Crippen LogP contribution >= 0.6 is 0 Å². The van der Waals surface area contributed by atoms with Crippen molar-refractivity contribution < 1.29 is 4.39 Å². The van der Waals surface area contributed by atoms with Gasteiger partial charge in [0.2, 0.25) is 0 Å². The van der Waals surface area contributed by atoms with Crippen molar-refractivity contribution in [2.75, 3.05) is 19.8 Å². The third-order valence-corrected chi connectivity index (χ3v) is 3.06. The smallest absolute Gasteiger partial charge is 0.102 e. The molecule has 0 radical (unpaired) electrons. The van der Waals surface area contributed by atoms with Crippen molar-refractivity contribution in [2.45, 2.75) is 39.2 Å². The summed E-state index contributed by atoms with van der Waals surface area (Å²) in [6.07, 6.45) is 3.83. The molecule has 12 heavy (non-hydrogen) atoms. The van der Waals surface area contributed by atoms with E-state index in [1.807, 2.05) is 0 Å². The van der Waals surface area contributed by atoms with Crippen LogP contribution in [0, 0.1) is 5.92 Å². The molecule has 0 aromatic carbocycles. The molecule has 0 N–H and O–H groups in total. The zero-order chi connectivity index (χ0) is 8.97. The maximum absolute atomic E-state index is 12.1. The van der Waals surface area contributed by atoms with Crippen molar-refractivity contribution in [1.82, 2.24) is 4.90 Å². The Morgan fingerprint density at radius 3 is 2.75 bits per heavy atom. The third-order valence-electron chi connectivity index (χ3n) is 3.06. The first-order valence-corrected chi connectivity index (χ1v) is 5.08. The molecule has 2 atom stereocenters. The van der Waals surface area contributed by atoms with Gasteiger partial charge in [0.05, 0.1) is 0 Å². The van der Waals surface area contributed by atoms with Gasteiger partial charge in [0, 0.05) is 19.1 Å². The molecule has 1 nitrogen and oxygen atoms in total. The second kappa shape index (κ2) is 4.80. The van der Waals surface area contributed by atoms with E-state index in [1.54, 1.807) is 0 Å². The van der Waals surface area contributed by atoms with Gasteiger partial charge in [-0.15, -0.1) is 0 Å². The highest BCUT2D eigenvalue weighted by molar-refractivity contribution is 4.77. The van der Waals surface area contributed by atoms with E-state index in [0.717, 1.165) is 12.5 Å². The fourth-order valence-corrected chi connectivity index (χ4v) is 2.02. The van der Waals surface area contributed by atoms with Crippen molar-refractivity contribution in [3.63, 3.8) is 0 Å². The maximum atomic E-state index is 12.1. The summed E-state index contributed by atoms with van der Waals surface area (Å²) in [5.41, 5.74) is 0. The fraction of sp³-hybridized carbons (Fsp3) is 1.00. The number of rotatable bonds is 3. The van der Waals surface area contributed by atoms with Gasteiger partial charge in [0.25, 0.3) is 0 Å². The van der Waals surface area contributed by atoms with Gasteiger partial charge in [-0.2, -0.15) is 0 Å². The number of piperidine rings is 1. The van der Waals surface area contributed by atoms with Crippen LogP contribution in [-0.4, -0.2) is 30.7 Å². The predicted octanol–water partition coefficient (Wildman–Crippen LogP) is 2.47. The number of hydrogen-bond donors (Lipinski definition) is 0. The van der Waals surface area contributed by atoms with E-state index in [2.05, 4.69) is 18.7 Å². The first kappa shape index (κ1) is 9.97. The first-order valence-electron chi connectivity index (χ1n) is 5.08. The standard InChI is InChI=1S/C10H20FN/c1-3-10-5-4-9(2)12(8-10)7-6-11/h9-10H,3-8H2,1-2H3/t9-,10+/m1/s1. The van der Waals surface area contributed by atoms with Crippen LogP contribution in [-0.2, 0) is 0 Å². The van der Waals surface area contributed by atoms with Gasteiger partial charge in [-0.05, 0) is 25.7 Å². The van der Waals surface area contributed by atoms with E-state index in [-0.39, 0.29) is 6.67 Å². The molecule has 0 unspecified atom stereocenters. The average molecular weight is 173 g/mol. The van der Waals surface area contributed by atoms with Gasteiger partial charge in [0.1, 0.15) is 6.67 Å². The second-order valence-electron chi connectivity index (χ2n) is 3.88. The second-order valence-corrected chi connectivity index (χ2v) is 3.88. The minimum absolute atomic E-state index is 0.194. The normalized spacial score (nSPS) is 32.2. The Hall–Kier alpha value is -0.110. The van der Waals surface area contributed by atoms with Gasteiger partial charge < -0.3 is 0 Å². The molecule has 0 aromatic heterocycles. The summed E-state index contributed by atoms with van der Waals surface area (Å²) < 4.78 is 12.1. The van der Waals surface area contributed by atoms with Crippen LogP contribution in [0.15, 0.2) is 0 Å². The van der Waals surface area contributed by atoms with Gasteiger partial charge in [-0.25, -0.2) is 4.39 Å². The lowest BCUT2D eigenvalue weighted by Gasteiger charge is -2.37. The zero-order valence-electron chi connectivity index (χ0n) is 8.22. The molecule has 1 aliphatic heterocycles. The Bertz CT molecular complexity index is 127. The monoisotopic (exact) mass is 173 g/mol. The molecule has 2 heteroatoms. The quantitative estimate of drug-likeness (QED) is 0.633. The lowest BCUT2D eigenvalue weighted by Crippen LogP contribution is -2.42. The molecule has 0 spiro atoms. The van der Waals surface area contributed by atoms with Gasteiger partial charge in [-0.3, -0.25) is 4.90 Å². The summed E-state index contributed by atoms with van der Waals surface area (Å²) in [5.74, 6) is 0.813. The first-order chi connectivity index (χ1) is 5.77. The minimum atomic E-state index is -0.194. The highest BCUT2D eigenvalue weighted by Crippen LogP contribution is 2.23. The molecule has 0 aromatic rings. The summed E-state index contributed by atoms with van der Waals surface area (Å²) in [5, 5.41) is 0. The van der Waals surface area contributed by atoms with Crippen molar-refractivity contribution in [3.8, 4) is 0 Å². The summed E-state index contributed by atoms with van der Waals surface area (Å²) in [6, 6.07) is 0.601. The molecule has 1 aliphatic rings. The average Bonchev–Trinajstić information content (AvgIpc) is 2.09. The van der Waals surface area contributed by atoms with Crippen molar-refractivity contribution in [2.24, 2.45) is 5.92 Å². The molecule has 1 fully saturated rings. The van der Waals surface area contributed by atoms with Gasteiger partial charge in [0.15, 0.2) is 0 Å². The van der Waals surface area contributed by atoms with Crippen molar-refractivity contribution in [3.05, 3.63) is 0 Å². The number of likely N-dealkylation sites (tertiary alicyclic amines) is 1. The van der Waals surface area contributed by atoms with Crippen LogP contribution in [0.2, 0.25) is 0 Å². The summed E-state index contributed by atoms with van der Waals surface area (Å²) >= 11 is 0. The molecular weight excluding hydrogens is 153 g/mol. The molecular formula is C10H20FN. The molecule has 0 amide bonds. The maximum Gasteiger partial charge on any atom is 0.102 e. The number of halogens is 1. The zero-order valence-corrected chi connectivity index (χ0v) is 8.22. The Kier molecular flexibility index (Phi) is 3.99. The largest absolute Gasteiger partial charge is 0.298 e. The molecule has 0 bridgehead atoms. The summed E-state index contributed by atoms with van der Waals surface area (Å²) in [6.45, 7) is 6.00. The van der Waals surface area contributed by atoms with E-state index in [4.69, 9.17) is 0 Å². The van der Waals surface area contributed by atoms with Crippen LogP contribution in [0.3, 0.4) is 0 Å². The topological polar surface area (TPSA) is 3.24 Å². The molecule has 1 heterocycles. The summed E-state index contributed by atoms with van der Waals surface area (Å²) in [7, 11) is 0. The molecule has 0 saturated carbocycles. The number of hydrogen-bond acceptors (Lipinski definition) is 1. The lowest BCUT2D eigenvalue weighted by molar-refractivity contribution is 0.108. The fourth-order valence-electron chi connectivity index (χ4n) is 2.02. The van der Waals surface area contributed by atoms with E-state index in [9.17, 15) is 4.39 Å². The molecule has 72 valence electrons. The SMILES string of the molecule is CC[C@H]1CC[C@@H](C)N(CCF)C1. The number of alkyl halides is 1. The molecule has 1 saturated heterocycles. The Morgan fingerprint density at radius 2 is 2.17 bits per heavy atom. The van der Waals surface area contributed by atoms with Crippen LogP contribution in [0.5, 0.6) is 0 Å². The number of nitrogens with zero attached hydrogens (tertiary/aromatic N) is 1. The van der Waals surface area contributed by atoms with Crippen molar-refractivity contribution in [1.29, 1.82) is 0 Å². The Balaban J connectivity index is 2.36. The molecule has 0 aliphatic carbocycles.